The summed E-state index contributed by atoms with van der Waals surface area (Å²) < 4.78 is 24.1. The second kappa shape index (κ2) is 6.33. The van der Waals surface area contributed by atoms with Crippen molar-refractivity contribution in [1.29, 1.82) is 0 Å². The summed E-state index contributed by atoms with van der Waals surface area (Å²) in [5, 5.41) is 2.09. The van der Waals surface area contributed by atoms with Crippen LogP contribution in [-0.4, -0.2) is 20.3 Å². The molecule has 0 saturated heterocycles. The summed E-state index contributed by atoms with van der Waals surface area (Å²) in [5.74, 6) is 1.15. The molecule has 0 radical (unpaired) electrons. The maximum Gasteiger partial charge on any atom is 0.158 e. The quantitative estimate of drug-likeness (QED) is 0.794. The summed E-state index contributed by atoms with van der Waals surface area (Å²) in [6.07, 6.45) is 0. The molecule has 1 aromatic carbocycles. The van der Waals surface area contributed by atoms with E-state index >= 15 is 0 Å². The highest BCUT2D eigenvalue weighted by atomic mass is 19.1. The number of quaternary nitrogens is 1. The molecule has 0 unspecified atom stereocenters. The minimum absolute atomic E-state index is 0.262. The fourth-order valence-electron chi connectivity index (χ4n) is 1.74. The van der Waals surface area contributed by atoms with E-state index in [2.05, 4.69) is 5.32 Å². The number of furan rings is 1. The maximum absolute atomic E-state index is 13.6. The predicted molar refractivity (Wildman–Crippen MR) is 66.5 cm³/mol. The van der Waals surface area contributed by atoms with Gasteiger partial charge in [-0.05, 0) is 24.3 Å². The van der Waals surface area contributed by atoms with Crippen LogP contribution in [0.15, 0.2) is 40.8 Å². The van der Waals surface area contributed by atoms with E-state index in [1.165, 1.54) is 6.07 Å². The molecule has 0 atom stereocenters. The molecule has 0 saturated carbocycles. The second-order valence-electron chi connectivity index (χ2n) is 4.02. The Balaban J connectivity index is 2.00. The van der Waals surface area contributed by atoms with Crippen molar-refractivity contribution in [1.82, 2.24) is 0 Å². The van der Waals surface area contributed by atoms with Gasteiger partial charge < -0.3 is 14.5 Å². The molecule has 2 N–H and O–H groups in total. The summed E-state index contributed by atoms with van der Waals surface area (Å²) in [5.41, 5.74) is 0.501. The summed E-state index contributed by atoms with van der Waals surface area (Å²) in [6, 6.07) is 10.3. The third-order valence-corrected chi connectivity index (χ3v) is 2.67. The van der Waals surface area contributed by atoms with Gasteiger partial charge in [0.05, 0.1) is 18.7 Å². The Morgan fingerprint density at radius 1 is 1.22 bits per heavy atom. The third kappa shape index (κ3) is 3.18. The average molecular weight is 250 g/mol. The number of hydrogen-bond donors (Lipinski definition) is 1. The Kier molecular flexibility index (Phi) is 4.50. The molecule has 96 valence electrons. The van der Waals surface area contributed by atoms with Crippen LogP contribution in [0.3, 0.4) is 0 Å². The van der Waals surface area contributed by atoms with Crippen LogP contribution in [0.25, 0.3) is 11.3 Å². The lowest BCUT2D eigenvalue weighted by Gasteiger charge is -2.00. The first kappa shape index (κ1) is 12.8. The first-order valence-corrected chi connectivity index (χ1v) is 5.95. The lowest BCUT2D eigenvalue weighted by atomic mass is 10.1. The van der Waals surface area contributed by atoms with E-state index in [0.29, 0.717) is 17.9 Å². The van der Waals surface area contributed by atoms with Gasteiger partial charge in [0.2, 0.25) is 0 Å². The van der Waals surface area contributed by atoms with Crippen molar-refractivity contribution in [3.63, 3.8) is 0 Å². The molecule has 18 heavy (non-hydrogen) atoms. The van der Waals surface area contributed by atoms with Crippen molar-refractivity contribution in [2.24, 2.45) is 0 Å². The van der Waals surface area contributed by atoms with Crippen LogP contribution in [0.5, 0.6) is 0 Å². The standard InChI is InChI=1S/C14H16FNO2/c1-17-9-8-16-10-11-6-7-14(18-11)12-4-2-3-5-13(12)15/h2-7,16H,8-10H2,1H3/p+1. The summed E-state index contributed by atoms with van der Waals surface area (Å²) in [4.78, 5) is 0. The SMILES string of the molecule is COCC[NH2+]Cc1ccc(-c2ccccc2F)o1. The lowest BCUT2D eigenvalue weighted by Crippen LogP contribution is -2.83. The van der Waals surface area contributed by atoms with Gasteiger partial charge >= 0.3 is 0 Å². The molecule has 4 heteroatoms. The molecular formula is C14H17FNO2+. The van der Waals surface area contributed by atoms with E-state index in [1.807, 2.05) is 6.07 Å². The molecule has 0 aliphatic rings. The van der Waals surface area contributed by atoms with Gasteiger partial charge in [0.15, 0.2) is 5.76 Å². The minimum atomic E-state index is -0.262. The molecule has 0 amide bonds. The topological polar surface area (TPSA) is 39.0 Å². The number of hydrogen-bond acceptors (Lipinski definition) is 2. The molecule has 3 nitrogen and oxygen atoms in total. The van der Waals surface area contributed by atoms with Gasteiger partial charge in [-0.1, -0.05) is 12.1 Å². The van der Waals surface area contributed by atoms with Gasteiger partial charge in [-0.2, -0.15) is 0 Å². The highest BCUT2D eigenvalue weighted by molar-refractivity contribution is 5.58. The van der Waals surface area contributed by atoms with Gasteiger partial charge in [0, 0.05) is 7.11 Å². The van der Waals surface area contributed by atoms with Crippen LogP contribution >= 0.6 is 0 Å². The van der Waals surface area contributed by atoms with Crippen molar-refractivity contribution in [2.75, 3.05) is 20.3 Å². The maximum atomic E-state index is 13.6. The van der Waals surface area contributed by atoms with E-state index in [9.17, 15) is 4.39 Å². The highest BCUT2D eigenvalue weighted by Gasteiger charge is 2.09. The van der Waals surface area contributed by atoms with E-state index in [1.54, 1.807) is 31.4 Å². The molecule has 1 aromatic heterocycles. The molecule has 0 fully saturated rings. The van der Waals surface area contributed by atoms with Crippen LogP contribution < -0.4 is 5.32 Å². The number of rotatable bonds is 6. The zero-order chi connectivity index (χ0) is 12.8. The first-order chi connectivity index (χ1) is 8.81. The van der Waals surface area contributed by atoms with E-state index in [4.69, 9.17) is 9.15 Å². The lowest BCUT2D eigenvalue weighted by molar-refractivity contribution is -0.673. The van der Waals surface area contributed by atoms with Crippen LogP contribution in [0.2, 0.25) is 0 Å². The summed E-state index contributed by atoms with van der Waals surface area (Å²) in [6.45, 7) is 2.32. The van der Waals surface area contributed by atoms with Crippen molar-refractivity contribution in [3.8, 4) is 11.3 Å². The Hall–Kier alpha value is -1.65. The highest BCUT2D eigenvalue weighted by Crippen LogP contribution is 2.24. The smallest absolute Gasteiger partial charge is 0.158 e. The van der Waals surface area contributed by atoms with Crippen LogP contribution in [0.1, 0.15) is 5.76 Å². The van der Waals surface area contributed by atoms with Crippen LogP contribution in [-0.2, 0) is 11.3 Å². The fraction of sp³-hybridized carbons (Fsp3) is 0.286. The molecule has 0 spiro atoms. The monoisotopic (exact) mass is 250 g/mol. The Morgan fingerprint density at radius 2 is 2.06 bits per heavy atom. The van der Waals surface area contributed by atoms with Gasteiger partial charge in [-0.3, -0.25) is 0 Å². The Morgan fingerprint density at radius 3 is 2.83 bits per heavy atom. The van der Waals surface area contributed by atoms with Crippen molar-refractivity contribution in [2.45, 2.75) is 6.54 Å². The molecule has 0 aliphatic heterocycles. The fourth-order valence-corrected chi connectivity index (χ4v) is 1.74. The zero-order valence-corrected chi connectivity index (χ0v) is 10.4. The number of ether oxygens (including phenoxy) is 1. The number of nitrogens with two attached hydrogens (primary N) is 1. The molecule has 0 bridgehead atoms. The summed E-state index contributed by atoms with van der Waals surface area (Å²) >= 11 is 0. The largest absolute Gasteiger partial charge is 0.455 e. The van der Waals surface area contributed by atoms with E-state index < -0.39 is 0 Å². The van der Waals surface area contributed by atoms with Gasteiger partial charge in [0.25, 0.3) is 0 Å². The van der Waals surface area contributed by atoms with Crippen molar-refractivity contribution >= 4 is 0 Å². The van der Waals surface area contributed by atoms with Crippen molar-refractivity contribution < 1.29 is 18.9 Å². The van der Waals surface area contributed by atoms with E-state index in [0.717, 1.165) is 18.8 Å². The molecule has 1 heterocycles. The molecule has 2 aromatic rings. The van der Waals surface area contributed by atoms with Crippen LogP contribution in [0.4, 0.5) is 4.39 Å². The average Bonchev–Trinajstić information content (AvgIpc) is 2.84. The van der Waals surface area contributed by atoms with Crippen LogP contribution in [0, 0.1) is 5.82 Å². The first-order valence-electron chi connectivity index (χ1n) is 5.95. The third-order valence-electron chi connectivity index (χ3n) is 2.67. The second-order valence-corrected chi connectivity index (χ2v) is 4.02. The molecular weight excluding hydrogens is 233 g/mol. The zero-order valence-electron chi connectivity index (χ0n) is 10.4. The van der Waals surface area contributed by atoms with E-state index in [-0.39, 0.29) is 5.82 Å². The Bertz CT molecular complexity index is 496. The molecule has 0 aliphatic carbocycles. The minimum Gasteiger partial charge on any atom is -0.455 e. The summed E-state index contributed by atoms with van der Waals surface area (Å²) in [7, 11) is 1.68. The predicted octanol–water partition coefficient (Wildman–Crippen LogP) is 1.80. The van der Waals surface area contributed by atoms with Gasteiger partial charge in [-0.25, -0.2) is 4.39 Å². The van der Waals surface area contributed by atoms with Gasteiger partial charge in [0.1, 0.15) is 18.1 Å². The molecule has 2 rings (SSSR count). The normalized spacial score (nSPS) is 10.8. The van der Waals surface area contributed by atoms with Gasteiger partial charge in [-0.15, -0.1) is 0 Å². The number of halogens is 1. The Labute approximate surface area is 106 Å². The number of methoxy groups -OCH3 is 1. The number of benzene rings is 1. The van der Waals surface area contributed by atoms with Crippen molar-refractivity contribution in [3.05, 3.63) is 48.0 Å².